The zero-order valence-corrected chi connectivity index (χ0v) is 13.3. The van der Waals surface area contributed by atoms with Crippen LogP contribution in [-0.2, 0) is 14.4 Å². The Morgan fingerprint density at radius 2 is 1.60 bits per heavy atom. The van der Waals surface area contributed by atoms with E-state index in [-0.39, 0.29) is 41.2 Å². The maximum atomic E-state index is 12.9. The van der Waals surface area contributed by atoms with E-state index in [0.717, 1.165) is 11.3 Å². The zero-order chi connectivity index (χ0) is 17.3. The Balaban J connectivity index is 1.32. The highest BCUT2D eigenvalue weighted by Crippen LogP contribution is 2.65. The highest BCUT2D eigenvalue weighted by molar-refractivity contribution is 6.08. The molecule has 25 heavy (non-hydrogen) atoms. The van der Waals surface area contributed by atoms with Crippen molar-refractivity contribution in [3.63, 3.8) is 0 Å². The standard InChI is InChI=1S/C19H16FNO4/c20-9-1-3-10(4-2-9)25-15(22)8-21-18(23)16-11-5-6-12(14-7-13(11)14)17(16)19(21)24/h1-6,11-14,16-17H,7-8H2/t11-,12-,13-,14-,16+,17+/m0/s1. The second kappa shape index (κ2) is 5.00. The average Bonchev–Trinajstić information content (AvgIpc) is 3.38. The van der Waals surface area contributed by atoms with Gasteiger partial charge in [0.25, 0.3) is 0 Å². The van der Waals surface area contributed by atoms with Crippen molar-refractivity contribution in [2.75, 3.05) is 6.54 Å². The third-order valence-corrected chi connectivity index (χ3v) is 6.09. The van der Waals surface area contributed by atoms with Crippen LogP contribution in [0.15, 0.2) is 36.4 Å². The van der Waals surface area contributed by atoms with Crippen LogP contribution in [0, 0.1) is 41.3 Å². The van der Waals surface area contributed by atoms with E-state index in [9.17, 15) is 18.8 Å². The lowest BCUT2D eigenvalue weighted by Gasteiger charge is -2.37. The topological polar surface area (TPSA) is 63.7 Å². The number of benzene rings is 1. The minimum absolute atomic E-state index is 0.134. The molecule has 6 atom stereocenters. The number of nitrogens with zero attached hydrogens (tertiary/aromatic N) is 1. The number of carbonyl (C=O) groups is 3. The minimum Gasteiger partial charge on any atom is -0.425 e. The Labute approximate surface area is 143 Å². The average molecular weight is 341 g/mol. The number of halogens is 1. The number of imide groups is 1. The van der Waals surface area contributed by atoms with Gasteiger partial charge in [0, 0.05) is 0 Å². The number of rotatable bonds is 3. The number of amides is 2. The first-order chi connectivity index (χ1) is 12.0. The van der Waals surface area contributed by atoms with Crippen LogP contribution in [0.2, 0.25) is 0 Å². The number of ether oxygens (including phenoxy) is 1. The van der Waals surface area contributed by atoms with E-state index >= 15 is 0 Å². The van der Waals surface area contributed by atoms with E-state index in [1.807, 2.05) is 0 Å². The summed E-state index contributed by atoms with van der Waals surface area (Å²) in [6.07, 6.45) is 5.28. The predicted molar refractivity (Wildman–Crippen MR) is 83.5 cm³/mol. The maximum absolute atomic E-state index is 12.9. The monoisotopic (exact) mass is 341 g/mol. The van der Waals surface area contributed by atoms with Crippen molar-refractivity contribution in [1.29, 1.82) is 0 Å². The van der Waals surface area contributed by atoms with Gasteiger partial charge >= 0.3 is 5.97 Å². The van der Waals surface area contributed by atoms with Gasteiger partial charge in [0.1, 0.15) is 18.1 Å². The Bertz CT molecular complexity index is 781. The van der Waals surface area contributed by atoms with Crippen LogP contribution in [0.4, 0.5) is 4.39 Å². The quantitative estimate of drug-likeness (QED) is 0.364. The summed E-state index contributed by atoms with van der Waals surface area (Å²) in [6, 6.07) is 5.02. The normalized spacial score (nSPS) is 37.1. The molecule has 0 unspecified atom stereocenters. The second-order valence-corrected chi connectivity index (χ2v) is 7.35. The number of allylic oxidation sites excluding steroid dienone is 2. The molecule has 5 aliphatic rings. The molecule has 0 spiro atoms. The van der Waals surface area contributed by atoms with Crippen LogP contribution in [0.25, 0.3) is 0 Å². The molecule has 1 aromatic carbocycles. The fraction of sp³-hybridized carbons (Fsp3) is 0.421. The second-order valence-electron chi connectivity index (χ2n) is 7.35. The van der Waals surface area contributed by atoms with Crippen LogP contribution in [0.1, 0.15) is 6.42 Å². The van der Waals surface area contributed by atoms with Crippen molar-refractivity contribution < 1.29 is 23.5 Å². The highest BCUT2D eigenvalue weighted by atomic mass is 19.1. The van der Waals surface area contributed by atoms with Gasteiger partial charge in [-0.1, -0.05) is 12.2 Å². The Hall–Kier alpha value is -2.50. The molecule has 1 heterocycles. The van der Waals surface area contributed by atoms with E-state index in [1.165, 1.54) is 24.3 Å². The molecule has 6 rings (SSSR count). The molecule has 1 aliphatic heterocycles. The molecule has 2 bridgehead atoms. The van der Waals surface area contributed by atoms with Crippen LogP contribution >= 0.6 is 0 Å². The van der Waals surface area contributed by atoms with Gasteiger partial charge in [-0.15, -0.1) is 0 Å². The fourth-order valence-electron chi connectivity index (χ4n) is 4.97. The summed E-state index contributed by atoms with van der Waals surface area (Å²) in [5, 5.41) is 0. The largest absolute Gasteiger partial charge is 0.425 e. The molecular formula is C19H16FNO4. The molecule has 1 saturated heterocycles. The molecule has 0 radical (unpaired) electrons. The van der Waals surface area contributed by atoms with E-state index in [2.05, 4.69) is 12.2 Å². The number of hydrogen-bond acceptors (Lipinski definition) is 4. The van der Waals surface area contributed by atoms with Gasteiger partial charge < -0.3 is 4.74 Å². The molecule has 128 valence electrons. The van der Waals surface area contributed by atoms with Crippen molar-refractivity contribution >= 4 is 17.8 Å². The van der Waals surface area contributed by atoms with E-state index in [0.29, 0.717) is 11.8 Å². The van der Waals surface area contributed by atoms with Gasteiger partial charge in [-0.3, -0.25) is 14.5 Å². The van der Waals surface area contributed by atoms with Gasteiger partial charge in [0.15, 0.2) is 0 Å². The molecule has 5 nitrogen and oxygen atoms in total. The molecule has 0 N–H and O–H groups in total. The van der Waals surface area contributed by atoms with E-state index in [1.54, 1.807) is 0 Å². The van der Waals surface area contributed by atoms with Gasteiger partial charge in [0.2, 0.25) is 11.8 Å². The Morgan fingerprint density at radius 1 is 1.04 bits per heavy atom. The van der Waals surface area contributed by atoms with Crippen LogP contribution in [-0.4, -0.2) is 29.2 Å². The summed E-state index contributed by atoms with van der Waals surface area (Å²) >= 11 is 0. The predicted octanol–water partition coefficient (Wildman–Crippen LogP) is 1.78. The van der Waals surface area contributed by atoms with Gasteiger partial charge in [-0.2, -0.15) is 0 Å². The first-order valence-corrected chi connectivity index (χ1v) is 8.54. The summed E-state index contributed by atoms with van der Waals surface area (Å²) in [4.78, 5) is 38.7. The molecule has 2 saturated carbocycles. The summed E-state index contributed by atoms with van der Waals surface area (Å²) < 4.78 is 18.0. The van der Waals surface area contributed by atoms with Gasteiger partial charge in [-0.05, 0) is 54.4 Å². The highest BCUT2D eigenvalue weighted by Gasteiger charge is 2.67. The molecule has 1 aromatic rings. The van der Waals surface area contributed by atoms with E-state index < -0.39 is 18.3 Å². The summed E-state index contributed by atoms with van der Waals surface area (Å²) in [5.41, 5.74) is 0. The molecule has 6 heteroatoms. The fourth-order valence-corrected chi connectivity index (χ4v) is 4.97. The number of hydrogen-bond donors (Lipinski definition) is 0. The first kappa shape index (κ1) is 14.8. The summed E-state index contributed by atoms with van der Waals surface area (Å²) in [6.45, 7) is -0.392. The Kier molecular flexibility index (Phi) is 2.96. The van der Waals surface area contributed by atoms with Crippen molar-refractivity contribution in [3.8, 4) is 5.75 Å². The van der Waals surface area contributed by atoms with Crippen molar-refractivity contribution in [1.82, 2.24) is 4.90 Å². The lowest BCUT2D eigenvalue weighted by atomic mass is 9.63. The first-order valence-electron chi connectivity index (χ1n) is 8.54. The number of carbonyl (C=O) groups excluding carboxylic acids is 3. The van der Waals surface area contributed by atoms with Crippen LogP contribution < -0.4 is 4.74 Å². The van der Waals surface area contributed by atoms with Crippen LogP contribution in [0.3, 0.4) is 0 Å². The van der Waals surface area contributed by atoms with Crippen molar-refractivity contribution in [2.45, 2.75) is 6.42 Å². The maximum Gasteiger partial charge on any atom is 0.331 e. The molecular weight excluding hydrogens is 325 g/mol. The molecule has 2 amide bonds. The zero-order valence-electron chi connectivity index (χ0n) is 13.3. The number of likely N-dealkylation sites (tertiary alicyclic amines) is 1. The SMILES string of the molecule is O=C(CN1C(=O)[C@@H]2[C@H]3C=C[C@@H]([C@@H]4C[C@@H]34)[C@H]2C1=O)Oc1ccc(F)cc1. The molecule has 3 fully saturated rings. The van der Waals surface area contributed by atoms with E-state index in [4.69, 9.17) is 4.74 Å². The van der Waals surface area contributed by atoms with Gasteiger partial charge in [-0.25, -0.2) is 9.18 Å². The Morgan fingerprint density at radius 3 is 2.16 bits per heavy atom. The number of esters is 1. The summed E-state index contributed by atoms with van der Waals surface area (Å²) in [5.74, 6) is -0.762. The third-order valence-electron chi connectivity index (χ3n) is 6.09. The third kappa shape index (κ3) is 2.09. The smallest absolute Gasteiger partial charge is 0.331 e. The lowest BCUT2D eigenvalue weighted by molar-refractivity contribution is -0.148. The van der Waals surface area contributed by atoms with Crippen molar-refractivity contribution in [3.05, 3.63) is 42.2 Å². The van der Waals surface area contributed by atoms with Crippen LogP contribution in [0.5, 0.6) is 5.75 Å². The lowest BCUT2D eigenvalue weighted by Crippen LogP contribution is -2.40. The summed E-state index contributed by atoms with van der Waals surface area (Å²) in [7, 11) is 0. The molecule has 4 aliphatic carbocycles. The van der Waals surface area contributed by atoms with Crippen molar-refractivity contribution in [2.24, 2.45) is 35.5 Å². The minimum atomic E-state index is -0.697. The van der Waals surface area contributed by atoms with Gasteiger partial charge in [0.05, 0.1) is 11.8 Å². The molecule has 0 aromatic heterocycles.